The molecule has 1 aliphatic rings. The number of fused-ring (bicyclic) bond motifs is 1. The number of ether oxygens (including phenoxy) is 1. The molecule has 6 rings (SSSR count). The van der Waals surface area contributed by atoms with Crippen molar-refractivity contribution in [2.75, 3.05) is 0 Å². The van der Waals surface area contributed by atoms with E-state index in [1.54, 1.807) is 0 Å². The Bertz CT molecular complexity index is 1470. The van der Waals surface area contributed by atoms with Crippen molar-refractivity contribution in [3.63, 3.8) is 0 Å². The van der Waals surface area contributed by atoms with Crippen LogP contribution >= 0.6 is 0 Å². The number of rotatable bonds is 4. The zero-order chi connectivity index (χ0) is 21.5. The highest BCUT2D eigenvalue weighted by Gasteiger charge is 2.41. The van der Waals surface area contributed by atoms with Gasteiger partial charge in [-0.3, -0.25) is 4.79 Å². The van der Waals surface area contributed by atoms with E-state index in [9.17, 15) is 4.79 Å². The second-order valence-electron chi connectivity index (χ2n) is 8.09. The van der Waals surface area contributed by atoms with E-state index < -0.39 is 0 Å². The van der Waals surface area contributed by atoms with E-state index >= 15 is 0 Å². The molecule has 1 aromatic heterocycles. The Kier molecular flexibility index (Phi) is 4.48. The largest absolute Gasteiger partial charge is 0.456 e. The van der Waals surface area contributed by atoms with Crippen molar-refractivity contribution in [1.29, 1.82) is 0 Å². The van der Waals surface area contributed by atoms with Gasteiger partial charge in [0, 0.05) is 23.3 Å². The first-order valence-electron chi connectivity index (χ1n) is 10.7. The van der Waals surface area contributed by atoms with Crippen molar-refractivity contribution >= 4 is 10.8 Å². The number of hydrogen-bond acceptors (Lipinski definition) is 3. The first-order chi connectivity index (χ1) is 15.7. The Morgan fingerprint density at radius 2 is 1.12 bits per heavy atom. The van der Waals surface area contributed by atoms with Crippen molar-refractivity contribution < 1.29 is 9.15 Å². The summed E-state index contributed by atoms with van der Waals surface area (Å²) in [6.07, 6.45) is 0.123. The van der Waals surface area contributed by atoms with Crippen molar-refractivity contribution in [2.45, 2.75) is 12.2 Å². The van der Waals surface area contributed by atoms with Crippen LogP contribution in [0.1, 0.15) is 23.3 Å². The Balaban J connectivity index is 1.25. The lowest BCUT2D eigenvalue weighted by atomic mass is 10.00. The molecule has 1 saturated heterocycles. The first-order valence-corrected chi connectivity index (χ1v) is 10.7. The lowest BCUT2D eigenvalue weighted by Crippen LogP contribution is -1.98. The molecule has 5 aromatic rings. The molecule has 0 spiro atoms. The van der Waals surface area contributed by atoms with E-state index in [1.807, 2.05) is 42.5 Å². The quantitative estimate of drug-likeness (QED) is 0.298. The van der Waals surface area contributed by atoms with Gasteiger partial charge in [0.05, 0.1) is 0 Å². The average Bonchev–Trinajstić information content (AvgIpc) is 3.65. The number of hydrogen-bond donors (Lipinski definition) is 0. The molecule has 1 aliphatic heterocycles. The van der Waals surface area contributed by atoms with Crippen molar-refractivity contribution in [2.24, 2.45) is 0 Å². The highest BCUT2D eigenvalue weighted by Crippen LogP contribution is 2.51. The van der Waals surface area contributed by atoms with Crippen LogP contribution in [-0.2, 0) is 4.74 Å². The molecule has 0 N–H and O–H groups in total. The minimum Gasteiger partial charge on any atom is -0.456 e. The van der Waals surface area contributed by atoms with Gasteiger partial charge in [-0.15, -0.1) is 0 Å². The van der Waals surface area contributed by atoms with Crippen LogP contribution in [0.2, 0.25) is 0 Å². The van der Waals surface area contributed by atoms with E-state index in [1.165, 1.54) is 28.5 Å². The first kappa shape index (κ1) is 18.8. The predicted octanol–water partition coefficient (Wildman–Crippen LogP) is 6.94. The fourth-order valence-electron chi connectivity index (χ4n) is 4.21. The summed E-state index contributed by atoms with van der Waals surface area (Å²) in [5, 5.41) is 2.46. The summed E-state index contributed by atoms with van der Waals surface area (Å²) in [5.41, 5.74) is 3.99. The van der Waals surface area contributed by atoms with E-state index in [4.69, 9.17) is 9.15 Å². The minimum atomic E-state index is -0.0731. The van der Waals surface area contributed by atoms with Crippen LogP contribution in [-0.4, -0.2) is 0 Å². The van der Waals surface area contributed by atoms with Crippen LogP contribution in [0.25, 0.3) is 33.4 Å². The van der Waals surface area contributed by atoms with Crippen LogP contribution in [0.3, 0.4) is 0 Å². The molecule has 1 fully saturated rings. The molecule has 0 unspecified atom stereocenters. The molecule has 32 heavy (non-hydrogen) atoms. The summed E-state index contributed by atoms with van der Waals surface area (Å²) < 4.78 is 12.1. The maximum Gasteiger partial charge on any atom is 0.186 e. The topological polar surface area (TPSA) is 42.7 Å². The Labute approximate surface area is 185 Å². The standard InChI is InChI=1S/C29H20O3/c30-25-17-26(20-7-2-1-3-8-20)31-27(18-25)21-11-13-22(14-12-21)28-29(32-28)24-15-10-19-6-4-5-9-23(19)16-24/h1-18,28-29H/t28-,29-/m0/s1. The van der Waals surface area contributed by atoms with Crippen LogP contribution < -0.4 is 5.43 Å². The lowest BCUT2D eigenvalue weighted by Gasteiger charge is -2.06. The third-order valence-electron chi connectivity index (χ3n) is 5.94. The zero-order valence-corrected chi connectivity index (χ0v) is 17.3. The predicted molar refractivity (Wildman–Crippen MR) is 126 cm³/mol. The van der Waals surface area contributed by atoms with Gasteiger partial charge in [0.2, 0.25) is 0 Å². The van der Waals surface area contributed by atoms with E-state index in [-0.39, 0.29) is 17.6 Å². The Morgan fingerprint density at radius 1 is 0.531 bits per heavy atom. The maximum absolute atomic E-state index is 12.3. The highest BCUT2D eigenvalue weighted by atomic mass is 16.6. The molecule has 2 atom stereocenters. The Morgan fingerprint density at radius 3 is 1.88 bits per heavy atom. The maximum atomic E-state index is 12.3. The fourth-order valence-corrected chi connectivity index (χ4v) is 4.21. The molecular weight excluding hydrogens is 396 g/mol. The van der Waals surface area contributed by atoms with Gasteiger partial charge in [-0.2, -0.15) is 0 Å². The van der Waals surface area contributed by atoms with Gasteiger partial charge in [-0.05, 0) is 28.0 Å². The molecular formula is C29H20O3. The van der Waals surface area contributed by atoms with Gasteiger partial charge in [-0.1, -0.05) is 91.0 Å². The van der Waals surface area contributed by atoms with Gasteiger partial charge in [0.1, 0.15) is 23.7 Å². The molecule has 0 radical (unpaired) electrons. The molecule has 4 aromatic carbocycles. The molecule has 0 bridgehead atoms. The smallest absolute Gasteiger partial charge is 0.186 e. The molecule has 0 saturated carbocycles. The van der Waals surface area contributed by atoms with Crippen LogP contribution in [0, 0.1) is 0 Å². The molecule has 2 heterocycles. The second kappa shape index (κ2) is 7.63. The van der Waals surface area contributed by atoms with E-state index in [0.717, 1.165) is 16.7 Å². The summed E-state index contributed by atoms with van der Waals surface area (Å²) in [6.45, 7) is 0. The SMILES string of the molecule is O=c1cc(-c2ccccc2)oc(-c2ccc([C@@H]3O[C@H]3c3ccc4ccccc4c3)cc2)c1. The summed E-state index contributed by atoms with van der Waals surface area (Å²) in [7, 11) is 0. The third-order valence-corrected chi connectivity index (χ3v) is 5.94. The molecule has 3 heteroatoms. The summed E-state index contributed by atoms with van der Waals surface area (Å²) in [5.74, 6) is 1.13. The van der Waals surface area contributed by atoms with Gasteiger partial charge < -0.3 is 9.15 Å². The van der Waals surface area contributed by atoms with E-state index in [2.05, 4.69) is 54.6 Å². The molecule has 154 valence electrons. The van der Waals surface area contributed by atoms with E-state index in [0.29, 0.717) is 11.5 Å². The Hall–Kier alpha value is -3.95. The minimum absolute atomic E-state index is 0.0490. The molecule has 3 nitrogen and oxygen atoms in total. The van der Waals surface area contributed by atoms with Crippen LogP contribution in [0.5, 0.6) is 0 Å². The summed E-state index contributed by atoms with van der Waals surface area (Å²) >= 11 is 0. The van der Waals surface area contributed by atoms with Crippen molar-refractivity contribution in [3.8, 4) is 22.6 Å². The highest BCUT2D eigenvalue weighted by molar-refractivity contribution is 5.83. The molecule has 0 amide bonds. The third kappa shape index (κ3) is 3.53. The van der Waals surface area contributed by atoms with Crippen LogP contribution in [0.4, 0.5) is 0 Å². The normalized spacial score (nSPS) is 17.4. The summed E-state index contributed by atoms with van der Waals surface area (Å²) in [4.78, 5) is 12.3. The molecule has 0 aliphatic carbocycles. The van der Waals surface area contributed by atoms with Gasteiger partial charge >= 0.3 is 0 Å². The summed E-state index contributed by atoms with van der Waals surface area (Å²) in [6, 6.07) is 35.7. The van der Waals surface area contributed by atoms with Gasteiger partial charge in [0.15, 0.2) is 5.43 Å². The number of epoxide rings is 1. The fraction of sp³-hybridized carbons (Fsp3) is 0.0690. The van der Waals surface area contributed by atoms with Gasteiger partial charge in [-0.25, -0.2) is 0 Å². The average molecular weight is 416 g/mol. The second-order valence-corrected chi connectivity index (χ2v) is 8.09. The van der Waals surface area contributed by atoms with Crippen LogP contribution in [0.15, 0.2) is 118 Å². The van der Waals surface area contributed by atoms with Gasteiger partial charge in [0.25, 0.3) is 0 Å². The number of benzene rings is 4. The zero-order valence-electron chi connectivity index (χ0n) is 17.3. The van der Waals surface area contributed by atoms with Crippen molar-refractivity contribution in [3.05, 3.63) is 131 Å². The lowest BCUT2D eigenvalue weighted by molar-refractivity contribution is 0.378. The van der Waals surface area contributed by atoms with Crippen molar-refractivity contribution in [1.82, 2.24) is 0 Å². The monoisotopic (exact) mass is 416 g/mol.